The first-order chi connectivity index (χ1) is 17.6. The molecule has 0 aliphatic heterocycles. The standard InChI is InChI=1S/C27H29Cl2N3O4S/c1-3-30-27(34)25(16-20-9-5-4-6-10-20)31(18-21-11-7-12-22(28)15-21)26(33)19-32(37(2,35)36)24-14-8-13-23(29)17-24/h4-15,17,25H,3,16,18-19H2,1-2H3,(H,30,34). The van der Waals surface area contributed by atoms with Gasteiger partial charge in [-0.15, -0.1) is 0 Å². The zero-order valence-corrected chi connectivity index (χ0v) is 22.9. The minimum Gasteiger partial charge on any atom is -0.355 e. The topological polar surface area (TPSA) is 86.8 Å². The van der Waals surface area contributed by atoms with Gasteiger partial charge in [0.2, 0.25) is 21.8 Å². The van der Waals surface area contributed by atoms with Gasteiger partial charge in [-0.2, -0.15) is 0 Å². The zero-order valence-electron chi connectivity index (χ0n) is 20.6. The van der Waals surface area contributed by atoms with Gasteiger partial charge in [-0.05, 0) is 48.4 Å². The maximum atomic E-state index is 13.9. The second-order valence-electron chi connectivity index (χ2n) is 8.50. The molecule has 0 saturated heterocycles. The van der Waals surface area contributed by atoms with Crippen LogP contribution in [-0.2, 0) is 32.6 Å². The van der Waals surface area contributed by atoms with Gasteiger partial charge in [-0.25, -0.2) is 8.42 Å². The maximum Gasteiger partial charge on any atom is 0.244 e. The Morgan fingerprint density at radius 2 is 1.51 bits per heavy atom. The van der Waals surface area contributed by atoms with Crippen LogP contribution in [0.5, 0.6) is 0 Å². The van der Waals surface area contributed by atoms with Crippen LogP contribution >= 0.6 is 23.2 Å². The summed E-state index contributed by atoms with van der Waals surface area (Å²) in [7, 11) is -3.85. The Labute approximate surface area is 228 Å². The summed E-state index contributed by atoms with van der Waals surface area (Å²) >= 11 is 12.3. The quantitative estimate of drug-likeness (QED) is 0.372. The van der Waals surface area contributed by atoms with Gasteiger partial charge in [-0.1, -0.05) is 71.7 Å². The number of hydrogen-bond acceptors (Lipinski definition) is 4. The molecule has 0 aliphatic carbocycles. The summed E-state index contributed by atoms with van der Waals surface area (Å²) in [6.45, 7) is 1.72. The van der Waals surface area contributed by atoms with Crippen LogP contribution in [0, 0.1) is 0 Å². The summed E-state index contributed by atoms with van der Waals surface area (Å²) in [5.41, 5.74) is 1.82. The summed E-state index contributed by atoms with van der Waals surface area (Å²) in [5, 5.41) is 3.63. The number of carbonyl (C=O) groups is 2. The van der Waals surface area contributed by atoms with E-state index in [1.54, 1.807) is 49.4 Å². The molecule has 37 heavy (non-hydrogen) atoms. The van der Waals surface area contributed by atoms with Gasteiger partial charge in [0.15, 0.2) is 0 Å². The average Bonchev–Trinajstić information content (AvgIpc) is 2.84. The summed E-state index contributed by atoms with van der Waals surface area (Å²) in [6, 6.07) is 21.7. The molecule has 3 aromatic carbocycles. The Hall–Kier alpha value is -3.07. The second-order valence-corrected chi connectivity index (χ2v) is 11.3. The molecule has 0 aromatic heterocycles. The first-order valence-corrected chi connectivity index (χ1v) is 14.3. The van der Waals surface area contributed by atoms with Crippen LogP contribution in [0.3, 0.4) is 0 Å². The third-order valence-electron chi connectivity index (χ3n) is 5.64. The Kier molecular flexibility index (Phi) is 9.97. The lowest BCUT2D eigenvalue weighted by Gasteiger charge is -2.33. The Morgan fingerprint density at radius 3 is 2.11 bits per heavy atom. The van der Waals surface area contributed by atoms with E-state index in [-0.39, 0.29) is 24.6 Å². The van der Waals surface area contributed by atoms with Crippen molar-refractivity contribution in [1.82, 2.24) is 10.2 Å². The number of carbonyl (C=O) groups excluding carboxylic acids is 2. The van der Waals surface area contributed by atoms with Crippen molar-refractivity contribution in [3.8, 4) is 0 Å². The predicted octanol–water partition coefficient (Wildman–Crippen LogP) is 4.54. The fourth-order valence-corrected chi connectivity index (χ4v) is 5.16. The van der Waals surface area contributed by atoms with Crippen molar-refractivity contribution in [2.45, 2.75) is 25.9 Å². The van der Waals surface area contributed by atoms with Crippen molar-refractivity contribution in [3.05, 3.63) is 100 Å². The molecule has 0 fully saturated rings. The highest BCUT2D eigenvalue weighted by atomic mass is 35.5. The summed E-state index contributed by atoms with van der Waals surface area (Å²) in [6.07, 6.45) is 1.27. The highest BCUT2D eigenvalue weighted by Gasteiger charge is 2.32. The lowest BCUT2D eigenvalue weighted by molar-refractivity contribution is -0.140. The average molecular weight is 563 g/mol. The van der Waals surface area contributed by atoms with Crippen LogP contribution < -0.4 is 9.62 Å². The number of amides is 2. The van der Waals surface area contributed by atoms with E-state index in [2.05, 4.69) is 5.32 Å². The van der Waals surface area contributed by atoms with Crippen molar-refractivity contribution in [2.75, 3.05) is 23.7 Å². The number of likely N-dealkylation sites (N-methyl/N-ethyl adjacent to an activating group) is 1. The van der Waals surface area contributed by atoms with Crippen LogP contribution in [0.1, 0.15) is 18.1 Å². The van der Waals surface area contributed by atoms with Gasteiger partial charge in [0.05, 0.1) is 11.9 Å². The first-order valence-electron chi connectivity index (χ1n) is 11.7. The van der Waals surface area contributed by atoms with Crippen LogP contribution in [-0.4, -0.2) is 50.5 Å². The molecule has 196 valence electrons. The maximum absolute atomic E-state index is 13.9. The van der Waals surface area contributed by atoms with Gasteiger partial charge >= 0.3 is 0 Å². The fourth-order valence-electron chi connectivity index (χ4n) is 3.92. The van der Waals surface area contributed by atoms with Gasteiger partial charge in [-0.3, -0.25) is 13.9 Å². The highest BCUT2D eigenvalue weighted by Crippen LogP contribution is 2.23. The summed E-state index contributed by atoms with van der Waals surface area (Å²) < 4.78 is 26.4. The molecule has 10 heteroatoms. The molecule has 1 atom stereocenters. The van der Waals surface area contributed by atoms with Gasteiger partial charge in [0, 0.05) is 29.6 Å². The van der Waals surface area contributed by atoms with Crippen molar-refractivity contribution < 1.29 is 18.0 Å². The number of halogens is 2. The summed E-state index contributed by atoms with van der Waals surface area (Å²) in [5.74, 6) is -0.882. The Balaban J connectivity index is 2.04. The molecular formula is C27H29Cl2N3O4S. The molecule has 3 rings (SSSR count). The molecule has 0 saturated carbocycles. The fraction of sp³-hybridized carbons (Fsp3) is 0.259. The number of nitrogens with zero attached hydrogens (tertiary/aromatic N) is 2. The van der Waals surface area contributed by atoms with E-state index in [1.165, 1.54) is 11.0 Å². The molecule has 0 spiro atoms. The van der Waals surface area contributed by atoms with E-state index >= 15 is 0 Å². The second kappa shape index (κ2) is 12.9. The molecule has 3 aromatic rings. The van der Waals surface area contributed by atoms with Crippen LogP contribution in [0.15, 0.2) is 78.9 Å². The third kappa shape index (κ3) is 8.21. The van der Waals surface area contributed by atoms with E-state index < -0.39 is 28.5 Å². The Morgan fingerprint density at radius 1 is 0.892 bits per heavy atom. The normalized spacial score (nSPS) is 12.0. The molecule has 0 bridgehead atoms. The van der Waals surface area contributed by atoms with Crippen molar-refractivity contribution >= 4 is 50.7 Å². The lowest BCUT2D eigenvalue weighted by Crippen LogP contribution is -2.53. The number of sulfonamides is 1. The number of nitrogens with one attached hydrogen (secondary N) is 1. The lowest BCUT2D eigenvalue weighted by atomic mass is 10.0. The predicted molar refractivity (Wildman–Crippen MR) is 148 cm³/mol. The highest BCUT2D eigenvalue weighted by molar-refractivity contribution is 7.92. The monoisotopic (exact) mass is 561 g/mol. The molecule has 7 nitrogen and oxygen atoms in total. The van der Waals surface area contributed by atoms with Crippen molar-refractivity contribution in [2.24, 2.45) is 0 Å². The molecular weight excluding hydrogens is 533 g/mol. The van der Waals surface area contributed by atoms with E-state index in [9.17, 15) is 18.0 Å². The summed E-state index contributed by atoms with van der Waals surface area (Å²) in [4.78, 5) is 28.5. The van der Waals surface area contributed by atoms with Gasteiger partial charge in [0.1, 0.15) is 12.6 Å². The van der Waals surface area contributed by atoms with E-state index in [4.69, 9.17) is 23.2 Å². The largest absolute Gasteiger partial charge is 0.355 e. The van der Waals surface area contributed by atoms with Gasteiger partial charge < -0.3 is 10.2 Å². The minimum atomic E-state index is -3.85. The van der Waals surface area contributed by atoms with Crippen LogP contribution in [0.4, 0.5) is 5.69 Å². The number of rotatable bonds is 11. The van der Waals surface area contributed by atoms with E-state index in [1.807, 2.05) is 30.3 Å². The molecule has 0 heterocycles. The van der Waals surface area contributed by atoms with Crippen LogP contribution in [0.2, 0.25) is 10.0 Å². The first kappa shape index (κ1) is 28.5. The smallest absolute Gasteiger partial charge is 0.244 e. The molecule has 0 radical (unpaired) electrons. The number of benzene rings is 3. The Bertz CT molecular complexity index is 1340. The van der Waals surface area contributed by atoms with Gasteiger partial charge in [0.25, 0.3) is 0 Å². The molecule has 1 N–H and O–H groups in total. The number of anilines is 1. The van der Waals surface area contributed by atoms with Crippen molar-refractivity contribution in [1.29, 1.82) is 0 Å². The number of hydrogen-bond donors (Lipinski definition) is 1. The van der Waals surface area contributed by atoms with E-state index in [0.717, 1.165) is 16.1 Å². The molecule has 0 aliphatic rings. The minimum absolute atomic E-state index is 0.0567. The SMILES string of the molecule is CCNC(=O)C(Cc1ccccc1)N(Cc1cccc(Cl)c1)C(=O)CN(c1cccc(Cl)c1)S(C)(=O)=O. The molecule has 2 amide bonds. The molecule has 1 unspecified atom stereocenters. The van der Waals surface area contributed by atoms with Crippen molar-refractivity contribution in [3.63, 3.8) is 0 Å². The zero-order chi connectivity index (χ0) is 27.0. The van der Waals surface area contributed by atoms with E-state index in [0.29, 0.717) is 22.2 Å². The van der Waals surface area contributed by atoms with Crippen LogP contribution in [0.25, 0.3) is 0 Å². The third-order valence-corrected chi connectivity index (χ3v) is 7.25.